The standard InChI is InChI=1S/C10H16N4.ClH/c1-7-5-8(2)13-10(12-7)14-4-3-9(11)6-14;/h5,9H,3-4,6,11H2,1-2H3;1H/t9-;/m0./s1. The average Bonchev–Trinajstić information content (AvgIpc) is 2.50. The van der Waals surface area contributed by atoms with E-state index in [2.05, 4.69) is 14.9 Å². The van der Waals surface area contributed by atoms with Crippen molar-refractivity contribution in [3.05, 3.63) is 17.5 Å². The largest absolute Gasteiger partial charge is 0.339 e. The van der Waals surface area contributed by atoms with E-state index in [1.54, 1.807) is 0 Å². The van der Waals surface area contributed by atoms with Gasteiger partial charge in [-0.15, -0.1) is 12.4 Å². The quantitative estimate of drug-likeness (QED) is 0.781. The van der Waals surface area contributed by atoms with Gasteiger partial charge in [0.25, 0.3) is 0 Å². The molecule has 5 heteroatoms. The van der Waals surface area contributed by atoms with E-state index in [0.29, 0.717) is 0 Å². The number of aryl methyl sites for hydroxylation is 2. The molecule has 1 atom stereocenters. The summed E-state index contributed by atoms with van der Waals surface area (Å²) < 4.78 is 0. The van der Waals surface area contributed by atoms with Crippen molar-refractivity contribution in [2.24, 2.45) is 5.73 Å². The molecule has 0 spiro atoms. The molecule has 1 fully saturated rings. The lowest BCUT2D eigenvalue weighted by molar-refractivity contribution is 0.749. The zero-order chi connectivity index (χ0) is 10.1. The third kappa shape index (κ3) is 2.79. The van der Waals surface area contributed by atoms with Crippen LogP contribution >= 0.6 is 12.4 Å². The molecule has 0 radical (unpaired) electrons. The maximum absolute atomic E-state index is 5.84. The van der Waals surface area contributed by atoms with E-state index in [1.807, 2.05) is 19.9 Å². The highest BCUT2D eigenvalue weighted by Gasteiger charge is 2.21. The van der Waals surface area contributed by atoms with Crippen molar-refractivity contribution in [2.45, 2.75) is 26.3 Å². The Morgan fingerprint density at radius 2 is 1.93 bits per heavy atom. The van der Waals surface area contributed by atoms with Gasteiger partial charge in [-0.3, -0.25) is 0 Å². The van der Waals surface area contributed by atoms with Gasteiger partial charge in [-0.2, -0.15) is 0 Å². The van der Waals surface area contributed by atoms with E-state index in [1.165, 1.54) is 0 Å². The summed E-state index contributed by atoms with van der Waals surface area (Å²) in [5.41, 5.74) is 7.88. The minimum Gasteiger partial charge on any atom is -0.339 e. The third-order valence-corrected chi connectivity index (χ3v) is 2.48. The van der Waals surface area contributed by atoms with E-state index in [-0.39, 0.29) is 18.4 Å². The minimum atomic E-state index is 0. The van der Waals surface area contributed by atoms with Gasteiger partial charge >= 0.3 is 0 Å². The summed E-state index contributed by atoms with van der Waals surface area (Å²) in [5.74, 6) is 0.829. The molecule has 0 aromatic carbocycles. The molecule has 0 saturated carbocycles. The first-order valence-corrected chi connectivity index (χ1v) is 4.98. The van der Waals surface area contributed by atoms with Crippen LogP contribution in [0.25, 0.3) is 0 Å². The number of halogens is 1. The summed E-state index contributed by atoms with van der Waals surface area (Å²) in [6.45, 7) is 5.84. The number of hydrogen-bond donors (Lipinski definition) is 1. The Balaban J connectivity index is 0.00000112. The van der Waals surface area contributed by atoms with Crippen molar-refractivity contribution < 1.29 is 0 Å². The molecule has 1 saturated heterocycles. The molecule has 1 aliphatic rings. The monoisotopic (exact) mass is 228 g/mol. The number of rotatable bonds is 1. The summed E-state index contributed by atoms with van der Waals surface area (Å²) in [7, 11) is 0. The van der Waals surface area contributed by atoms with Gasteiger partial charge < -0.3 is 10.6 Å². The first kappa shape index (κ1) is 12.2. The van der Waals surface area contributed by atoms with Crippen LogP contribution in [0.15, 0.2) is 6.07 Å². The molecule has 84 valence electrons. The Kier molecular flexibility index (Phi) is 3.88. The fourth-order valence-electron chi connectivity index (χ4n) is 1.82. The Hall–Kier alpha value is -0.870. The van der Waals surface area contributed by atoms with E-state index in [9.17, 15) is 0 Å². The van der Waals surface area contributed by atoms with Crippen molar-refractivity contribution in [1.29, 1.82) is 0 Å². The molecule has 15 heavy (non-hydrogen) atoms. The SMILES string of the molecule is Cc1cc(C)nc(N2CC[C@H](N)C2)n1.Cl. The van der Waals surface area contributed by atoms with Gasteiger partial charge in [0.1, 0.15) is 0 Å². The fraction of sp³-hybridized carbons (Fsp3) is 0.600. The predicted molar refractivity (Wildman–Crippen MR) is 63.6 cm³/mol. The normalized spacial score (nSPS) is 20.2. The van der Waals surface area contributed by atoms with Crippen LogP contribution in [-0.2, 0) is 0 Å². The number of nitrogens with zero attached hydrogens (tertiary/aromatic N) is 3. The van der Waals surface area contributed by atoms with Gasteiger partial charge in [0.2, 0.25) is 5.95 Å². The molecular formula is C10H17ClN4. The first-order valence-electron chi connectivity index (χ1n) is 4.98. The van der Waals surface area contributed by atoms with Gasteiger partial charge in [-0.25, -0.2) is 9.97 Å². The van der Waals surface area contributed by atoms with E-state index >= 15 is 0 Å². The summed E-state index contributed by atoms with van der Waals surface area (Å²) in [6.07, 6.45) is 1.04. The lowest BCUT2D eigenvalue weighted by Crippen LogP contribution is -2.27. The highest BCUT2D eigenvalue weighted by atomic mass is 35.5. The van der Waals surface area contributed by atoms with Crippen molar-refractivity contribution in [1.82, 2.24) is 9.97 Å². The van der Waals surface area contributed by atoms with Crippen LogP contribution < -0.4 is 10.6 Å². The molecular weight excluding hydrogens is 212 g/mol. The van der Waals surface area contributed by atoms with Crippen LogP contribution in [-0.4, -0.2) is 29.1 Å². The van der Waals surface area contributed by atoms with Gasteiger partial charge in [-0.1, -0.05) is 0 Å². The Labute approximate surface area is 96.3 Å². The first-order chi connectivity index (χ1) is 6.65. The average molecular weight is 229 g/mol. The zero-order valence-electron chi connectivity index (χ0n) is 9.10. The molecule has 0 aliphatic carbocycles. The van der Waals surface area contributed by atoms with Crippen LogP contribution in [0, 0.1) is 13.8 Å². The van der Waals surface area contributed by atoms with Gasteiger partial charge in [0.05, 0.1) is 0 Å². The van der Waals surface area contributed by atoms with Crippen molar-refractivity contribution in [3.63, 3.8) is 0 Å². The van der Waals surface area contributed by atoms with Crippen LogP contribution in [0.5, 0.6) is 0 Å². The number of hydrogen-bond acceptors (Lipinski definition) is 4. The molecule has 2 heterocycles. The summed E-state index contributed by atoms with van der Waals surface area (Å²) in [6, 6.07) is 2.26. The van der Waals surface area contributed by atoms with Crippen molar-refractivity contribution in [2.75, 3.05) is 18.0 Å². The molecule has 0 amide bonds. The highest BCUT2D eigenvalue weighted by molar-refractivity contribution is 5.85. The van der Waals surface area contributed by atoms with Gasteiger partial charge in [0, 0.05) is 30.5 Å². The molecule has 0 bridgehead atoms. The summed E-state index contributed by atoms with van der Waals surface area (Å²) >= 11 is 0. The van der Waals surface area contributed by atoms with Gasteiger partial charge in [0.15, 0.2) is 0 Å². The van der Waals surface area contributed by atoms with E-state index in [0.717, 1.165) is 36.8 Å². The smallest absolute Gasteiger partial charge is 0.225 e. The maximum Gasteiger partial charge on any atom is 0.225 e. The van der Waals surface area contributed by atoms with Crippen molar-refractivity contribution in [3.8, 4) is 0 Å². The predicted octanol–water partition coefficient (Wildman–Crippen LogP) is 1.05. The van der Waals surface area contributed by atoms with E-state index < -0.39 is 0 Å². The number of aromatic nitrogens is 2. The highest BCUT2D eigenvalue weighted by Crippen LogP contribution is 2.15. The second-order valence-electron chi connectivity index (χ2n) is 3.95. The van der Waals surface area contributed by atoms with Crippen LogP contribution in [0.2, 0.25) is 0 Å². The number of anilines is 1. The molecule has 4 nitrogen and oxygen atoms in total. The zero-order valence-corrected chi connectivity index (χ0v) is 9.92. The molecule has 2 N–H and O–H groups in total. The topological polar surface area (TPSA) is 55.0 Å². The molecule has 1 aromatic heterocycles. The van der Waals surface area contributed by atoms with Crippen molar-refractivity contribution >= 4 is 18.4 Å². The molecule has 1 aliphatic heterocycles. The van der Waals surface area contributed by atoms with Gasteiger partial charge in [-0.05, 0) is 26.3 Å². The fourth-order valence-corrected chi connectivity index (χ4v) is 1.82. The Morgan fingerprint density at radius 3 is 2.40 bits per heavy atom. The molecule has 0 unspecified atom stereocenters. The minimum absolute atomic E-state index is 0. The summed E-state index contributed by atoms with van der Waals surface area (Å²) in [4.78, 5) is 11.0. The second-order valence-corrected chi connectivity index (χ2v) is 3.95. The van der Waals surface area contributed by atoms with Crippen LogP contribution in [0.3, 0.4) is 0 Å². The summed E-state index contributed by atoms with van der Waals surface area (Å²) in [5, 5.41) is 0. The lowest BCUT2D eigenvalue weighted by Gasteiger charge is -2.16. The second kappa shape index (κ2) is 4.77. The maximum atomic E-state index is 5.84. The van der Waals surface area contributed by atoms with Crippen LogP contribution in [0.1, 0.15) is 17.8 Å². The third-order valence-electron chi connectivity index (χ3n) is 2.48. The van der Waals surface area contributed by atoms with Crippen LogP contribution in [0.4, 0.5) is 5.95 Å². The Morgan fingerprint density at radius 1 is 1.33 bits per heavy atom. The lowest BCUT2D eigenvalue weighted by atomic mass is 10.3. The van der Waals surface area contributed by atoms with E-state index in [4.69, 9.17) is 5.73 Å². The molecule has 2 rings (SSSR count). The number of nitrogens with two attached hydrogens (primary N) is 1. The Bertz CT molecular complexity index is 322. The molecule has 1 aromatic rings.